The van der Waals surface area contributed by atoms with Crippen molar-refractivity contribution in [1.82, 2.24) is 4.90 Å². The van der Waals surface area contributed by atoms with Crippen LogP contribution in [0, 0.1) is 19.8 Å². The maximum absolute atomic E-state index is 12.1. The number of aliphatic hydroxyl groups excluding tert-OH is 1. The number of hydrogen-bond donors (Lipinski definition) is 1. The van der Waals surface area contributed by atoms with Gasteiger partial charge < -0.3 is 14.7 Å². The van der Waals surface area contributed by atoms with E-state index in [0.29, 0.717) is 19.5 Å². The highest BCUT2D eigenvalue weighted by atomic mass is 16.6. The number of benzene rings is 1. The second kappa shape index (κ2) is 6.91. The number of carbonyl (C=O) groups excluding carboxylic acids is 1. The summed E-state index contributed by atoms with van der Waals surface area (Å²) in [4.78, 5) is 13.8. The molecule has 0 spiro atoms. The quantitative estimate of drug-likeness (QED) is 0.928. The monoisotopic (exact) mass is 319 g/mol. The van der Waals surface area contributed by atoms with E-state index in [-0.39, 0.29) is 12.0 Å². The molecule has 2 atom stereocenters. The first-order valence-corrected chi connectivity index (χ1v) is 8.37. The van der Waals surface area contributed by atoms with E-state index in [9.17, 15) is 9.90 Å². The zero-order chi connectivity index (χ0) is 17.2. The molecule has 0 aromatic heterocycles. The van der Waals surface area contributed by atoms with Gasteiger partial charge in [-0.2, -0.15) is 0 Å². The number of likely N-dealkylation sites (tertiary alicyclic amines) is 1. The minimum Gasteiger partial charge on any atom is -0.444 e. The molecule has 4 heteroatoms. The summed E-state index contributed by atoms with van der Waals surface area (Å²) in [6, 6.07) is 6.38. The second-order valence-electron chi connectivity index (χ2n) is 7.74. The number of hydrogen-bond acceptors (Lipinski definition) is 3. The van der Waals surface area contributed by atoms with Crippen LogP contribution in [0.1, 0.15) is 43.9 Å². The molecule has 1 aliphatic heterocycles. The summed E-state index contributed by atoms with van der Waals surface area (Å²) in [5, 5.41) is 10.5. The van der Waals surface area contributed by atoms with Crippen molar-refractivity contribution in [3.05, 3.63) is 34.9 Å². The Labute approximate surface area is 139 Å². The third kappa shape index (κ3) is 5.24. The Bertz CT molecular complexity index is 542. The van der Waals surface area contributed by atoms with E-state index in [2.05, 4.69) is 32.0 Å². The molecule has 0 aliphatic carbocycles. The van der Waals surface area contributed by atoms with Gasteiger partial charge in [0.1, 0.15) is 5.60 Å². The van der Waals surface area contributed by atoms with Gasteiger partial charge >= 0.3 is 6.09 Å². The molecular formula is C19H29NO3. The molecule has 1 saturated heterocycles. The van der Waals surface area contributed by atoms with E-state index in [1.165, 1.54) is 11.1 Å². The van der Waals surface area contributed by atoms with Gasteiger partial charge in [0, 0.05) is 19.0 Å². The molecule has 1 aliphatic rings. The molecule has 1 aromatic carbocycles. The largest absolute Gasteiger partial charge is 0.444 e. The molecule has 0 saturated carbocycles. The average molecular weight is 319 g/mol. The molecule has 0 radical (unpaired) electrons. The minimum absolute atomic E-state index is 0.114. The fourth-order valence-electron chi connectivity index (χ4n) is 3.19. The third-order valence-electron chi connectivity index (χ3n) is 4.15. The molecule has 4 nitrogen and oxygen atoms in total. The van der Waals surface area contributed by atoms with Gasteiger partial charge in [0.25, 0.3) is 0 Å². The van der Waals surface area contributed by atoms with Crippen molar-refractivity contribution in [3.8, 4) is 0 Å². The van der Waals surface area contributed by atoms with Crippen LogP contribution in [0.5, 0.6) is 0 Å². The summed E-state index contributed by atoms with van der Waals surface area (Å²) in [6.07, 6.45) is 0.753. The number of carbonyl (C=O) groups is 1. The standard InChI is InChI=1S/C19H29NO3/c1-13-8-14(2)10-15(9-13)11-17(21)16-6-7-20(12-16)18(22)23-19(3,4)5/h8-10,16-17,21H,6-7,11-12H2,1-5H3. The lowest BCUT2D eigenvalue weighted by Gasteiger charge is -2.25. The van der Waals surface area contributed by atoms with Crippen LogP contribution in [0.4, 0.5) is 4.79 Å². The van der Waals surface area contributed by atoms with Gasteiger partial charge in [-0.25, -0.2) is 4.79 Å². The normalized spacial score (nSPS) is 19.7. The lowest BCUT2D eigenvalue weighted by atomic mass is 9.94. The van der Waals surface area contributed by atoms with Gasteiger partial charge in [0.05, 0.1) is 6.10 Å². The Morgan fingerprint density at radius 1 is 1.30 bits per heavy atom. The Hall–Kier alpha value is -1.55. The highest BCUT2D eigenvalue weighted by Gasteiger charge is 2.33. The summed E-state index contributed by atoms with van der Waals surface area (Å²) in [5.74, 6) is 0.114. The molecule has 23 heavy (non-hydrogen) atoms. The first-order chi connectivity index (χ1) is 10.6. The molecule has 1 amide bonds. The van der Waals surface area contributed by atoms with Gasteiger partial charge in [0.15, 0.2) is 0 Å². The van der Waals surface area contributed by atoms with Crippen LogP contribution in [0.25, 0.3) is 0 Å². The summed E-state index contributed by atoms with van der Waals surface area (Å²) in [6.45, 7) is 11.0. The van der Waals surface area contributed by atoms with Crippen molar-refractivity contribution in [2.45, 2.75) is 59.2 Å². The number of ether oxygens (including phenoxy) is 1. The van der Waals surface area contributed by atoms with Gasteiger partial charge in [0.2, 0.25) is 0 Å². The Kier molecular flexibility index (Phi) is 5.35. The molecular weight excluding hydrogens is 290 g/mol. The number of rotatable bonds is 3. The highest BCUT2D eigenvalue weighted by Crippen LogP contribution is 2.24. The fraction of sp³-hybridized carbons (Fsp3) is 0.632. The lowest BCUT2D eigenvalue weighted by Crippen LogP contribution is -2.36. The van der Waals surface area contributed by atoms with Crippen molar-refractivity contribution < 1.29 is 14.6 Å². The predicted molar refractivity (Wildman–Crippen MR) is 91.5 cm³/mol. The molecule has 0 bridgehead atoms. The lowest BCUT2D eigenvalue weighted by molar-refractivity contribution is 0.0269. The summed E-state index contributed by atoms with van der Waals surface area (Å²) in [7, 11) is 0. The number of amides is 1. The van der Waals surface area contributed by atoms with Crippen LogP contribution in [0.3, 0.4) is 0 Å². The van der Waals surface area contributed by atoms with E-state index >= 15 is 0 Å². The van der Waals surface area contributed by atoms with E-state index < -0.39 is 11.7 Å². The van der Waals surface area contributed by atoms with Gasteiger partial charge in [-0.3, -0.25) is 0 Å². The SMILES string of the molecule is Cc1cc(C)cc(CC(O)C2CCN(C(=O)OC(C)(C)C)C2)c1. The van der Waals surface area contributed by atoms with Gasteiger partial charge in [-0.1, -0.05) is 29.3 Å². The van der Waals surface area contributed by atoms with Crippen LogP contribution in [0.2, 0.25) is 0 Å². The average Bonchev–Trinajstić information content (AvgIpc) is 2.84. The molecule has 2 rings (SSSR count). The fourth-order valence-corrected chi connectivity index (χ4v) is 3.19. The highest BCUT2D eigenvalue weighted by molar-refractivity contribution is 5.68. The van der Waals surface area contributed by atoms with Crippen LogP contribution >= 0.6 is 0 Å². The first kappa shape index (κ1) is 17.8. The molecule has 1 fully saturated rings. The van der Waals surface area contributed by atoms with Crippen LogP contribution in [-0.2, 0) is 11.2 Å². The molecule has 128 valence electrons. The van der Waals surface area contributed by atoms with E-state index in [1.807, 2.05) is 20.8 Å². The van der Waals surface area contributed by atoms with Gasteiger partial charge in [-0.15, -0.1) is 0 Å². The van der Waals surface area contributed by atoms with Crippen LogP contribution < -0.4 is 0 Å². The number of aliphatic hydroxyl groups is 1. The van der Waals surface area contributed by atoms with Crippen molar-refractivity contribution >= 4 is 6.09 Å². The summed E-state index contributed by atoms with van der Waals surface area (Å²) in [5.41, 5.74) is 3.11. The van der Waals surface area contributed by atoms with Crippen molar-refractivity contribution in [3.63, 3.8) is 0 Å². The number of nitrogens with zero attached hydrogens (tertiary/aromatic N) is 1. The van der Waals surface area contributed by atoms with E-state index in [4.69, 9.17) is 4.74 Å². The topological polar surface area (TPSA) is 49.8 Å². The van der Waals surface area contributed by atoms with Crippen molar-refractivity contribution in [2.24, 2.45) is 5.92 Å². The van der Waals surface area contributed by atoms with Crippen LogP contribution in [0.15, 0.2) is 18.2 Å². The zero-order valence-corrected chi connectivity index (χ0v) is 14.9. The van der Waals surface area contributed by atoms with Crippen molar-refractivity contribution in [1.29, 1.82) is 0 Å². The molecule has 1 N–H and O–H groups in total. The molecule has 1 heterocycles. The molecule has 1 aromatic rings. The Morgan fingerprint density at radius 2 is 1.91 bits per heavy atom. The second-order valence-corrected chi connectivity index (χ2v) is 7.74. The summed E-state index contributed by atoms with van der Waals surface area (Å²) >= 11 is 0. The number of aryl methyl sites for hydroxylation is 2. The maximum Gasteiger partial charge on any atom is 0.410 e. The predicted octanol–water partition coefficient (Wildman–Crippen LogP) is 3.46. The van der Waals surface area contributed by atoms with Crippen LogP contribution in [-0.4, -0.2) is 40.9 Å². The Balaban J connectivity index is 1.92. The molecule has 2 unspecified atom stereocenters. The smallest absolute Gasteiger partial charge is 0.410 e. The minimum atomic E-state index is -0.479. The summed E-state index contributed by atoms with van der Waals surface area (Å²) < 4.78 is 5.40. The van der Waals surface area contributed by atoms with Gasteiger partial charge in [-0.05, 0) is 53.0 Å². The van der Waals surface area contributed by atoms with Crippen molar-refractivity contribution in [2.75, 3.05) is 13.1 Å². The zero-order valence-electron chi connectivity index (χ0n) is 14.9. The maximum atomic E-state index is 12.1. The Morgan fingerprint density at radius 3 is 2.48 bits per heavy atom. The first-order valence-electron chi connectivity index (χ1n) is 8.37. The van der Waals surface area contributed by atoms with E-state index in [1.54, 1.807) is 4.90 Å². The third-order valence-corrected chi connectivity index (χ3v) is 4.15. The van der Waals surface area contributed by atoms with E-state index in [0.717, 1.165) is 12.0 Å².